The molecular formula is C17H26N4O. The molecule has 1 amide bonds. The quantitative estimate of drug-likeness (QED) is 0.861. The van der Waals surface area contributed by atoms with E-state index < -0.39 is 0 Å². The highest BCUT2D eigenvalue weighted by molar-refractivity contribution is 5.79. The SMILES string of the molecule is O=C(C1CCCC1)N1CCCC1c1nncn1C1CCCC1. The zero-order chi connectivity index (χ0) is 14.9. The largest absolute Gasteiger partial charge is 0.332 e. The molecule has 22 heavy (non-hydrogen) atoms. The van der Waals surface area contributed by atoms with Crippen LogP contribution in [0.3, 0.4) is 0 Å². The third-order valence-electron chi connectivity index (χ3n) is 5.86. The molecule has 5 heteroatoms. The van der Waals surface area contributed by atoms with Crippen molar-refractivity contribution in [2.24, 2.45) is 5.92 Å². The molecule has 120 valence electrons. The smallest absolute Gasteiger partial charge is 0.226 e. The average molecular weight is 302 g/mol. The van der Waals surface area contributed by atoms with E-state index in [1.54, 1.807) is 0 Å². The molecule has 2 saturated carbocycles. The zero-order valence-electron chi connectivity index (χ0n) is 13.3. The van der Waals surface area contributed by atoms with Gasteiger partial charge in [0.2, 0.25) is 5.91 Å². The summed E-state index contributed by atoms with van der Waals surface area (Å²) < 4.78 is 2.28. The Morgan fingerprint density at radius 1 is 1.00 bits per heavy atom. The van der Waals surface area contributed by atoms with Crippen LogP contribution in [0.25, 0.3) is 0 Å². The summed E-state index contributed by atoms with van der Waals surface area (Å²) in [7, 11) is 0. The molecule has 0 spiro atoms. The monoisotopic (exact) mass is 302 g/mol. The summed E-state index contributed by atoms with van der Waals surface area (Å²) in [6.07, 6.45) is 13.7. The van der Waals surface area contributed by atoms with Gasteiger partial charge in [-0.05, 0) is 38.5 Å². The second-order valence-corrected chi connectivity index (χ2v) is 7.21. The van der Waals surface area contributed by atoms with Gasteiger partial charge in [0, 0.05) is 18.5 Å². The van der Waals surface area contributed by atoms with E-state index in [-0.39, 0.29) is 12.0 Å². The van der Waals surface area contributed by atoms with Crippen molar-refractivity contribution in [2.75, 3.05) is 6.54 Å². The van der Waals surface area contributed by atoms with Gasteiger partial charge >= 0.3 is 0 Å². The van der Waals surface area contributed by atoms with Gasteiger partial charge in [0.15, 0.2) is 5.82 Å². The van der Waals surface area contributed by atoms with Crippen LogP contribution in [0.4, 0.5) is 0 Å². The van der Waals surface area contributed by atoms with Gasteiger partial charge in [0.25, 0.3) is 0 Å². The number of carbonyl (C=O) groups is 1. The fraction of sp³-hybridized carbons (Fsp3) is 0.824. The molecule has 0 aromatic carbocycles. The van der Waals surface area contributed by atoms with Gasteiger partial charge in [0.1, 0.15) is 6.33 Å². The summed E-state index contributed by atoms with van der Waals surface area (Å²) in [5, 5.41) is 8.60. The molecule has 2 heterocycles. The third kappa shape index (κ3) is 2.44. The van der Waals surface area contributed by atoms with Crippen LogP contribution in [0.5, 0.6) is 0 Å². The number of amides is 1. The molecular weight excluding hydrogens is 276 g/mol. The number of hydrogen-bond acceptors (Lipinski definition) is 3. The second-order valence-electron chi connectivity index (χ2n) is 7.21. The maximum absolute atomic E-state index is 12.9. The van der Waals surface area contributed by atoms with Gasteiger partial charge in [-0.2, -0.15) is 0 Å². The molecule has 1 aromatic rings. The van der Waals surface area contributed by atoms with E-state index in [0.717, 1.165) is 38.1 Å². The predicted molar refractivity (Wildman–Crippen MR) is 83.2 cm³/mol. The fourth-order valence-electron chi connectivity index (χ4n) is 4.66. The van der Waals surface area contributed by atoms with Gasteiger partial charge < -0.3 is 9.47 Å². The topological polar surface area (TPSA) is 51.0 Å². The maximum Gasteiger partial charge on any atom is 0.226 e. The summed E-state index contributed by atoms with van der Waals surface area (Å²) >= 11 is 0. The third-order valence-corrected chi connectivity index (χ3v) is 5.86. The summed E-state index contributed by atoms with van der Waals surface area (Å²) in [6.45, 7) is 0.900. The predicted octanol–water partition coefficient (Wildman–Crippen LogP) is 3.25. The molecule has 0 N–H and O–H groups in total. The van der Waals surface area contributed by atoms with Crippen molar-refractivity contribution >= 4 is 5.91 Å². The normalized spacial score (nSPS) is 27.1. The molecule has 0 radical (unpaired) electrons. The van der Waals surface area contributed by atoms with Gasteiger partial charge in [-0.15, -0.1) is 10.2 Å². The van der Waals surface area contributed by atoms with Crippen LogP contribution in [0, 0.1) is 5.92 Å². The summed E-state index contributed by atoms with van der Waals surface area (Å²) in [4.78, 5) is 15.0. The Bertz CT molecular complexity index is 529. The lowest BCUT2D eigenvalue weighted by Gasteiger charge is -2.28. The Balaban J connectivity index is 1.56. The molecule has 0 bridgehead atoms. The van der Waals surface area contributed by atoms with E-state index >= 15 is 0 Å². The first-order chi connectivity index (χ1) is 10.8. The van der Waals surface area contributed by atoms with E-state index in [1.165, 1.54) is 38.5 Å². The van der Waals surface area contributed by atoms with Crippen molar-refractivity contribution < 1.29 is 4.79 Å². The van der Waals surface area contributed by atoms with E-state index in [1.807, 2.05) is 6.33 Å². The Morgan fingerprint density at radius 2 is 1.73 bits per heavy atom. The van der Waals surface area contributed by atoms with Crippen LogP contribution in [0.1, 0.15) is 82.1 Å². The van der Waals surface area contributed by atoms with E-state index in [9.17, 15) is 4.79 Å². The average Bonchev–Trinajstić information content (AvgIpc) is 3.35. The van der Waals surface area contributed by atoms with Crippen molar-refractivity contribution in [1.82, 2.24) is 19.7 Å². The van der Waals surface area contributed by atoms with Crippen LogP contribution in [-0.4, -0.2) is 32.1 Å². The molecule has 3 fully saturated rings. The standard InChI is InChI=1S/C17H26N4O/c22-17(13-6-1-2-7-13)20-11-5-10-15(20)16-19-18-12-21(16)14-8-3-4-9-14/h12-15H,1-11H2. The Morgan fingerprint density at radius 3 is 2.50 bits per heavy atom. The summed E-state index contributed by atoms with van der Waals surface area (Å²) in [5.74, 6) is 1.68. The van der Waals surface area contributed by atoms with Crippen molar-refractivity contribution in [3.05, 3.63) is 12.2 Å². The molecule has 1 unspecified atom stereocenters. The highest BCUT2D eigenvalue weighted by Gasteiger charge is 2.38. The lowest BCUT2D eigenvalue weighted by molar-refractivity contribution is -0.136. The van der Waals surface area contributed by atoms with Crippen molar-refractivity contribution in [3.63, 3.8) is 0 Å². The highest BCUT2D eigenvalue weighted by Crippen LogP contribution is 2.38. The highest BCUT2D eigenvalue weighted by atomic mass is 16.2. The van der Waals surface area contributed by atoms with Crippen LogP contribution >= 0.6 is 0 Å². The molecule has 3 aliphatic rings. The lowest BCUT2D eigenvalue weighted by atomic mass is 10.1. The number of carbonyl (C=O) groups excluding carboxylic acids is 1. The molecule has 5 nitrogen and oxygen atoms in total. The summed E-state index contributed by atoms with van der Waals surface area (Å²) in [5.41, 5.74) is 0. The molecule has 1 aromatic heterocycles. The number of likely N-dealkylation sites (tertiary alicyclic amines) is 1. The van der Waals surface area contributed by atoms with E-state index in [0.29, 0.717) is 11.9 Å². The minimum atomic E-state index is 0.163. The minimum absolute atomic E-state index is 0.163. The van der Waals surface area contributed by atoms with E-state index in [4.69, 9.17) is 0 Å². The second kappa shape index (κ2) is 6.01. The number of nitrogens with zero attached hydrogens (tertiary/aromatic N) is 4. The first-order valence-corrected chi connectivity index (χ1v) is 9.04. The first kappa shape index (κ1) is 14.2. The van der Waals surface area contributed by atoms with Crippen molar-refractivity contribution in [3.8, 4) is 0 Å². The van der Waals surface area contributed by atoms with E-state index in [2.05, 4.69) is 19.7 Å². The van der Waals surface area contributed by atoms with Crippen molar-refractivity contribution in [1.29, 1.82) is 0 Å². The van der Waals surface area contributed by atoms with Crippen LogP contribution in [0.2, 0.25) is 0 Å². The van der Waals surface area contributed by atoms with Crippen LogP contribution < -0.4 is 0 Å². The van der Waals surface area contributed by atoms with Gasteiger partial charge in [0.05, 0.1) is 6.04 Å². The minimum Gasteiger partial charge on any atom is -0.332 e. The molecule has 2 aliphatic carbocycles. The Hall–Kier alpha value is -1.39. The molecule has 4 rings (SSSR count). The molecule has 1 saturated heterocycles. The first-order valence-electron chi connectivity index (χ1n) is 9.04. The van der Waals surface area contributed by atoms with Crippen molar-refractivity contribution in [2.45, 2.75) is 76.3 Å². The Kier molecular flexibility index (Phi) is 3.89. The van der Waals surface area contributed by atoms with Gasteiger partial charge in [-0.3, -0.25) is 4.79 Å². The summed E-state index contributed by atoms with van der Waals surface area (Å²) in [6, 6.07) is 0.713. The number of rotatable bonds is 3. The lowest BCUT2D eigenvalue weighted by Crippen LogP contribution is -2.36. The maximum atomic E-state index is 12.9. The number of hydrogen-bond donors (Lipinski definition) is 0. The van der Waals surface area contributed by atoms with Gasteiger partial charge in [-0.1, -0.05) is 25.7 Å². The Labute approximate surface area is 132 Å². The number of aromatic nitrogens is 3. The van der Waals surface area contributed by atoms with Gasteiger partial charge in [-0.25, -0.2) is 0 Å². The van der Waals surface area contributed by atoms with Crippen LogP contribution in [-0.2, 0) is 4.79 Å². The molecule has 1 aliphatic heterocycles. The zero-order valence-corrected chi connectivity index (χ0v) is 13.3. The molecule has 1 atom stereocenters. The van der Waals surface area contributed by atoms with Crippen LogP contribution in [0.15, 0.2) is 6.33 Å². The fourth-order valence-corrected chi connectivity index (χ4v) is 4.66.